The summed E-state index contributed by atoms with van der Waals surface area (Å²) < 4.78 is 5.14. The van der Waals surface area contributed by atoms with Crippen LogP contribution in [0.4, 0.5) is 0 Å². The molecule has 0 saturated heterocycles. The highest BCUT2D eigenvalue weighted by Gasteiger charge is 2.18. The molecule has 3 atom stereocenters. The molecule has 0 aliphatic carbocycles. The van der Waals surface area contributed by atoms with Crippen molar-refractivity contribution in [1.29, 1.82) is 0 Å². The van der Waals surface area contributed by atoms with Crippen molar-refractivity contribution in [3.63, 3.8) is 0 Å². The average molecular weight is 344 g/mol. The Hall–Kier alpha value is -2.60. The first-order valence-corrected chi connectivity index (χ1v) is 8.32. The first-order chi connectivity index (χ1) is 12.0. The van der Waals surface area contributed by atoms with Gasteiger partial charge in [0.15, 0.2) is 0 Å². The van der Waals surface area contributed by atoms with Gasteiger partial charge in [-0.25, -0.2) is 0 Å². The fourth-order valence-corrected chi connectivity index (χ4v) is 2.55. The molecule has 0 saturated carbocycles. The molecule has 1 aromatic carbocycles. The van der Waals surface area contributed by atoms with Crippen LogP contribution < -0.4 is 10.6 Å². The van der Waals surface area contributed by atoms with Crippen LogP contribution in [0.1, 0.15) is 48.9 Å². The molecular formula is C19H24N2O4. The van der Waals surface area contributed by atoms with Crippen LogP contribution in [0.2, 0.25) is 0 Å². The van der Waals surface area contributed by atoms with Gasteiger partial charge in [0.25, 0.3) is 5.91 Å². The number of amides is 2. The van der Waals surface area contributed by atoms with E-state index in [0.717, 1.165) is 0 Å². The molecule has 2 amide bonds. The van der Waals surface area contributed by atoms with Crippen LogP contribution in [-0.2, 0) is 4.79 Å². The Morgan fingerprint density at radius 3 is 2.40 bits per heavy atom. The first-order valence-electron chi connectivity index (χ1n) is 8.32. The van der Waals surface area contributed by atoms with E-state index in [-0.39, 0.29) is 30.3 Å². The van der Waals surface area contributed by atoms with E-state index in [2.05, 4.69) is 10.6 Å². The van der Waals surface area contributed by atoms with E-state index in [1.807, 2.05) is 13.0 Å². The predicted octanol–water partition coefficient (Wildman–Crippen LogP) is 2.42. The summed E-state index contributed by atoms with van der Waals surface area (Å²) in [6.45, 7) is 3.60. The Labute approximate surface area is 147 Å². The minimum absolute atomic E-state index is 0.166. The Balaban J connectivity index is 1.74. The lowest BCUT2D eigenvalue weighted by Gasteiger charge is -2.19. The molecule has 0 fully saturated rings. The minimum Gasteiger partial charge on any atom is -0.467 e. The summed E-state index contributed by atoms with van der Waals surface area (Å²) in [6, 6.07) is 11.8. The topological polar surface area (TPSA) is 91.6 Å². The van der Waals surface area contributed by atoms with E-state index in [4.69, 9.17) is 4.42 Å². The van der Waals surface area contributed by atoms with Gasteiger partial charge in [-0.15, -0.1) is 0 Å². The summed E-state index contributed by atoms with van der Waals surface area (Å²) in [7, 11) is 0. The van der Waals surface area contributed by atoms with E-state index >= 15 is 0 Å². The third-order valence-electron chi connectivity index (χ3n) is 3.76. The van der Waals surface area contributed by atoms with Crippen LogP contribution in [0.3, 0.4) is 0 Å². The summed E-state index contributed by atoms with van der Waals surface area (Å²) in [5.74, 6) is 0.0896. The second-order valence-electron chi connectivity index (χ2n) is 6.18. The van der Waals surface area contributed by atoms with Gasteiger partial charge in [0.1, 0.15) is 11.9 Å². The molecular weight excluding hydrogens is 320 g/mol. The quantitative estimate of drug-likeness (QED) is 0.686. The molecule has 2 rings (SSSR count). The zero-order chi connectivity index (χ0) is 18.2. The maximum atomic E-state index is 12.1. The average Bonchev–Trinajstić information content (AvgIpc) is 3.09. The molecule has 3 N–H and O–H groups in total. The fraction of sp³-hybridized carbons (Fsp3) is 0.368. The number of furan rings is 1. The zero-order valence-electron chi connectivity index (χ0n) is 14.4. The molecule has 6 nitrogen and oxygen atoms in total. The number of benzene rings is 1. The summed E-state index contributed by atoms with van der Waals surface area (Å²) in [4.78, 5) is 24.1. The van der Waals surface area contributed by atoms with Crippen molar-refractivity contribution in [1.82, 2.24) is 10.6 Å². The third kappa shape index (κ3) is 6.08. The van der Waals surface area contributed by atoms with Gasteiger partial charge in [-0.05, 0) is 38.1 Å². The monoisotopic (exact) mass is 344 g/mol. The lowest BCUT2D eigenvalue weighted by atomic mass is 10.1. The number of hydrogen-bond acceptors (Lipinski definition) is 4. The Morgan fingerprint density at radius 2 is 1.76 bits per heavy atom. The van der Waals surface area contributed by atoms with Crippen molar-refractivity contribution in [2.45, 2.75) is 44.9 Å². The van der Waals surface area contributed by atoms with Crippen LogP contribution in [0, 0.1) is 0 Å². The number of carbonyl (C=O) groups is 2. The number of carbonyl (C=O) groups excluding carboxylic acids is 2. The molecule has 1 heterocycles. The van der Waals surface area contributed by atoms with Gasteiger partial charge >= 0.3 is 0 Å². The van der Waals surface area contributed by atoms with Crippen LogP contribution in [0.15, 0.2) is 53.1 Å². The van der Waals surface area contributed by atoms with E-state index < -0.39 is 6.10 Å². The van der Waals surface area contributed by atoms with Crippen LogP contribution in [0.5, 0.6) is 0 Å². The molecule has 2 aromatic rings. The van der Waals surface area contributed by atoms with Crippen LogP contribution >= 0.6 is 0 Å². The Bertz CT molecular complexity index is 670. The highest BCUT2D eigenvalue weighted by Crippen LogP contribution is 2.18. The molecule has 134 valence electrons. The standard InChI is InChI=1S/C19H24N2O4/c1-13(11-16(22)17-9-6-10-25-17)20-18(23)12-14(2)21-19(24)15-7-4-3-5-8-15/h3-10,13-14,16,22H,11-12H2,1-2H3,(H,20,23)(H,21,24). The number of rotatable bonds is 8. The smallest absolute Gasteiger partial charge is 0.251 e. The van der Waals surface area contributed by atoms with Crippen LogP contribution in [0.25, 0.3) is 0 Å². The normalized spacial score (nSPS) is 14.4. The van der Waals surface area contributed by atoms with Gasteiger partial charge in [-0.2, -0.15) is 0 Å². The summed E-state index contributed by atoms with van der Waals surface area (Å²) in [5.41, 5.74) is 0.560. The molecule has 25 heavy (non-hydrogen) atoms. The lowest BCUT2D eigenvalue weighted by molar-refractivity contribution is -0.122. The maximum Gasteiger partial charge on any atom is 0.251 e. The molecule has 0 aliphatic rings. The molecule has 0 aliphatic heterocycles. The SMILES string of the molecule is CC(CC(O)c1ccco1)NC(=O)CC(C)NC(=O)c1ccccc1. The highest BCUT2D eigenvalue weighted by atomic mass is 16.4. The van der Waals surface area contributed by atoms with Crippen molar-refractivity contribution in [2.24, 2.45) is 0 Å². The van der Waals surface area contributed by atoms with Crippen molar-refractivity contribution in [3.05, 3.63) is 60.1 Å². The van der Waals surface area contributed by atoms with Gasteiger partial charge < -0.3 is 20.2 Å². The minimum atomic E-state index is -0.763. The molecule has 3 unspecified atom stereocenters. The first kappa shape index (κ1) is 18.7. The van der Waals surface area contributed by atoms with E-state index in [9.17, 15) is 14.7 Å². The number of aliphatic hydroxyl groups excluding tert-OH is 1. The molecule has 0 bridgehead atoms. The molecule has 0 spiro atoms. The second-order valence-corrected chi connectivity index (χ2v) is 6.18. The van der Waals surface area contributed by atoms with Crippen molar-refractivity contribution in [2.75, 3.05) is 0 Å². The Morgan fingerprint density at radius 1 is 1.04 bits per heavy atom. The van der Waals surface area contributed by atoms with Crippen LogP contribution in [-0.4, -0.2) is 29.0 Å². The number of hydrogen-bond donors (Lipinski definition) is 3. The van der Waals surface area contributed by atoms with Crippen molar-refractivity contribution < 1.29 is 19.1 Å². The molecule has 6 heteroatoms. The van der Waals surface area contributed by atoms with E-state index in [0.29, 0.717) is 17.7 Å². The van der Waals surface area contributed by atoms with E-state index in [1.54, 1.807) is 43.3 Å². The summed E-state index contributed by atoms with van der Waals surface area (Å²) >= 11 is 0. The number of nitrogens with one attached hydrogen (secondary N) is 2. The van der Waals surface area contributed by atoms with Crippen molar-refractivity contribution in [3.8, 4) is 0 Å². The van der Waals surface area contributed by atoms with Gasteiger partial charge in [-0.1, -0.05) is 18.2 Å². The van der Waals surface area contributed by atoms with Gasteiger partial charge in [0, 0.05) is 30.5 Å². The highest BCUT2D eigenvalue weighted by molar-refractivity contribution is 5.94. The predicted molar refractivity (Wildman–Crippen MR) is 93.9 cm³/mol. The van der Waals surface area contributed by atoms with Gasteiger partial charge in [-0.3, -0.25) is 9.59 Å². The van der Waals surface area contributed by atoms with Gasteiger partial charge in [0.05, 0.1) is 6.26 Å². The lowest BCUT2D eigenvalue weighted by Crippen LogP contribution is -2.40. The maximum absolute atomic E-state index is 12.1. The summed E-state index contributed by atoms with van der Waals surface area (Å²) in [6.07, 6.45) is 1.25. The summed E-state index contributed by atoms with van der Waals surface area (Å²) in [5, 5.41) is 15.6. The van der Waals surface area contributed by atoms with Crippen molar-refractivity contribution >= 4 is 11.8 Å². The van der Waals surface area contributed by atoms with Gasteiger partial charge in [0.2, 0.25) is 5.91 Å². The number of aliphatic hydroxyl groups is 1. The zero-order valence-corrected chi connectivity index (χ0v) is 14.4. The molecule has 0 radical (unpaired) electrons. The molecule has 1 aromatic heterocycles. The second kappa shape index (κ2) is 9.03. The Kier molecular flexibility index (Phi) is 6.77. The third-order valence-corrected chi connectivity index (χ3v) is 3.76. The van der Waals surface area contributed by atoms with E-state index in [1.165, 1.54) is 6.26 Å². The fourth-order valence-electron chi connectivity index (χ4n) is 2.55. The largest absolute Gasteiger partial charge is 0.467 e.